The molecule has 0 aliphatic heterocycles. The maximum Gasteiger partial charge on any atom is 0.326 e. The quantitative estimate of drug-likeness (QED) is 0.660. The number of rotatable bonds is 4. The highest BCUT2D eigenvalue weighted by Crippen LogP contribution is 2.04. The fourth-order valence-electron chi connectivity index (χ4n) is 0.616. The van der Waals surface area contributed by atoms with E-state index in [0.717, 1.165) is 6.92 Å². The minimum Gasteiger partial charge on any atom is -0.480 e. The lowest BCUT2D eigenvalue weighted by Gasteiger charge is -2.14. The molecule has 1 amide bonds. The topological polar surface area (TPSA) is 66.4 Å². The van der Waals surface area contributed by atoms with Crippen LogP contribution in [0.1, 0.15) is 31.3 Å². The van der Waals surface area contributed by atoms with Gasteiger partial charge in [-0.1, -0.05) is 13.8 Å². The molecule has 12 heavy (non-hydrogen) atoms. The summed E-state index contributed by atoms with van der Waals surface area (Å²) in [6.45, 7) is 3.95. The molecular formula is C8H15NO3. The van der Waals surface area contributed by atoms with Gasteiger partial charge in [0.2, 0.25) is 5.91 Å². The van der Waals surface area contributed by atoms with Crippen molar-refractivity contribution in [2.24, 2.45) is 5.92 Å². The molecule has 0 aromatic rings. The molecule has 0 aliphatic carbocycles. The fraction of sp³-hybridized carbons (Fsp3) is 0.750. The number of hydrogen-bond acceptors (Lipinski definition) is 2. The smallest absolute Gasteiger partial charge is 0.326 e. The Labute approximate surface area is 76.2 Å². The molecule has 0 saturated carbocycles. The molecule has 0 unspecified atom stereocenters. The van der Waals surface area contributed by atoms with Gasteiger partial charge in [-0.3, -0.25) is 4.79 Å². The van der Waals surface area contributed by atoms with Gasteiger partial charge in [-0.15, -0.1) is 0 Å². The lowest BCUT2D eigenvalue weighted by Crippen LogP contribution is -2.40. The Morgan fingerprint density at radius 2 is 2.17 bits per heavy atom. The molecule has 4 nitrogen and oxygen atoms in total. The molecule has 2 N–H and O–H groups in total. The summed E-state index contributed by atoms with van der Waals surface area (Å²) in [6.07, 6.45) is -2.36. The normalized spacial score (nSPS) is 20.2. The molecule has 0 aromatic carbocycles. The first-order valence-electron chi connectivity index (χ1n) is 5.08. The first-order chi connectivity index (χ1) is 6.55. The highest BCUT2D eigenvalue weighted by atomic mass is 16.4. The van der Waals surface area contributed by atoms with Crippen molar-refractivity contribution in [1.82, 2.24) is 5.32 Å². The first-order valence-corrected chi connectivity index (χ1v) is 3.58. The van der Waals surface area contributed by atoms with Gasteiger partial charge in [-0.2, -0.15) is 0 Å². The van der Waals surface area contributed by atoms with E-state index in [-0.39, 0.29) is 0 Å². The lowest BCUT2D eigenvalue weighted by molar-refractivity contribution is -0.142. The molecule has 0 saturated heterocycles. The van der Waals surface area contributed by atoms with Crippen LogP contribution in [0.4, 0.5) is 0 Å². The molecule has 0 heterocycles. The van der Waals surface area contributed by atoms with Crippen LogP contribution in [-0.4, -0.2) is 23.0 Å². The van der Waals surface area contributed by atoms with Crippen molar-refractivity contribution in [3.63, 3.8) is 0 Å². The summed E-state index contributed by atoms with van der Waals surface area (Å²) in [5.41, 5.74) is 0. The zero-order valence-electron chi connectivity index (χ0n) is 10.3. The van der Waals surface area contributed by atoms with Crippen LogP contribution in [-0.2, 0) is 9.59 Å². The summed E-state index contributed by atoms with van der Waals surface area (Å²) >= 11 is 0. The summed E-state index contributed by atoms with van der Waals surface area (Å²) in [5.74, 6) is -3.17. The van der Waals surface area contributed by atoms with Gasteiger partial charge >= 0.3 is 5.97 Å². The average Bonchev–Trinajstić information content (AvgIpc) is 2.01. The SMILES string of the molecule is [2H]C([2H])(C(C)C)[C@@]([2H])(NC(C)=O)C(=O)O. The highest BCUT2D eigenvalue weighted by Gasteiger charge is 2.18. The number of carboxylic acid groups (broad SMARTS) is 1. The zero-order chi connectivity index (χ0) is 12.4. The number of aliphatic carboxylic acids is 1. The first kappa shape index (κ1) is 6.46. The van der Waals surface area contributed by atoms with Crippen LogP contribution in [0, 0.1) is 5.92 Å². The van der Waals surface area contributed by atoms with Gasteiger partial charge in [0.05, 0.1) is 1.37 Å². The highest BCUT2D eigenvalue weighted by molar-refractivity contribution is 5.81. The van der Waals surface area contributed by atoms with Crippen molar-refractivity contribution in [2.45, 2.75) is 33.2 Å². The van der Waals surface area contributed by atoms with E-state index >= 15 is 0 Å². The van der Waals surface area contributed by atoms with E-state index in [1.54, 1.807) is 0 Å². The summed E-state index contributed by atoms with van der Waals surface area (Å²) in [5, 5.41) is 10.7. The summed E-state index contributed by atoms with van der Waals surface area (Å²) in [6, 6.07) is -2.66. The second kappa shape index (κ2) is 4.74. The van der Waals surface area contributed by atoms with Gasteiger partial charge in [0.1, 0.15) is 6.02 Å². The number of hydrogen-bond donors (Lipinski definition) is 2. The van der Waals surface area contributed by atoms with Crippen LogP contribution in [0.5, 0.6) is 0 Å². The number of carbonyl (C=O) groups excluding carboxylic acids is 1. The Balaban J connectivity index is 5.29. The van der Waals surface area contributed by atoms with E-state index in [1.165, 1.54) is 13.8 Å². The molecule has 70 valence electrons. The molecular weight excluding hydrogens is 158 g/mol. The zero-order valence-corrected chi connectivity index (χ0v) is 7.34. The third-order valence-corrected chi connectivity index (χ3v) is 0.948. The van der Waals surface area contributed by atoms with Crippen molar-refractivity contribution in [3.05, 3.63) is 0 Å². The number of amides is 1. The Hall–Kier alpha value is -1.06. The van der Waals surface area contributed by atoms with Crippen LogP contribution in [0.25, 0.3) is 0 Å². The summed E-state index contributed by atoms with van der Waals surface area (Å²) in [7, 11) is 0. The number of carbonyl (C=O) groups is 2. The summed E-state index contributed by atoms with van der Waals surface area (Å²) in [4.78, 5) is 21.6. The Kier molecular flexibility index (Phi) is 2.55. The lowest BCUT2D eigenvalue weighted by atomic mass is 10.0. The van der Waals surface area contributed by atoms with Crippen LogP contribution >= 0.6 is 0 Å². The third-order valence-electron chi connectivity index (χ3n) is 0.948. The molecule has 0 fully saturated rings. The maximum absolute atomic E-state index is 10.9. The second-order valence-electron chi connectivity index (χ2n) is 2.66. The Bertz CT molecular complexity index is 280. The van der Waals surface area contributed by atoms with Crippen molar-refractivity contribution in [1.29, 1.82) is 0 Å². The monoisotopic (exact) mass is 176 g/mol. The van der Waals surface area contributed by atoms with Gasteiger partial charge in [-0.05, 0) is 12.3 Å². The fourth-order valence-corrected chi connectivity index (χ4v) is 0.616. The average molecular weight is 176 g/mol. The predicted octanol–water partition coefficient (Wildman–Crippen LogP) is 0.622. The van der Waals surface area contributed by atoms with Crippen molar-refractivity contribution < 1.29 is 18.8 Å². The second-order valence-corrected chi connectivity index (χ2v) is 2.66. The predicted molar refractivity (Wildman–Crippen MR) is 44.7 cm³/mol. The number of carboxylic acids is 1. The van der Waals surface area contributed by atoms with Crippen LogP contribution in [0.15, 0.2) is 0 Å². The molecule has 0 aliphatic rings. The van der Waals surface area contributed by atoms with Crippen LogP contribution in [0.2, 0.25) is 0 Å². The number of nitrogens with one attached hydrogen (secondary N) is 1. The molecule has 0 radical (unpaired) electrons. The Morgan fingerprint density at radius 3 is 2.42 bits per heavy atom. The van der Waals surface area contributed by atoms with E-state index in [0.29, 0.717) is 0 Å². The van der Waals surface area contributed by atoms with Crippen molar-refractivity contribution in [3.8, 4) is 0 Å². The van der Waals surface area contributed by atoms with E-state index < -0.39 is 30.2 Å². The summed E-state index contributed by atoms with van der Waals surface area (Å²) < 4.78 is 22.6. The van der Waals surface area contributed by atoms with Gasteiger partial charge < -0.3 is 10.4 Å². The molecule has 4 heteroatoms. The van der Waals surface area contributed by atoms with E-state index in [9.17, 15) is 9.59 Å². The van der Waals surface area contributed by atoms with E-state index in [4.69, 9.17) is 9.22 Å². The molecule has 1 atom stereocenters. The third kappa shape index (κ3) is 4.71. The molecule has 0 spiro atoms. The minimum atomic E-state index is -2.66. The molecule has 0 bridgehead atoms. The van der Waals surface area contributed by atoms with Gasteiger partial charge in [0.25, 0.3) is 0 Å². The van der Waals surface area contributed by atoms with Crippen LogP contribution in [0.3, 0.4) is 0 Å². The maximum atomic E-state index is 10.9. The van der Waals surface area contributed by atoms with Crippen LogP contribution < -0.4 is 5.32 Å². The van der Waals surface area contributed by atoms with E-state index in [2.05, 4.69) is 0 Å². The van der Waals surface area contributed by atoms with Crippen molar-refractivity contribution in [2.75, 3.05) is 0 Å². The van der Waals surface area contributed by atoms with Gasteiger partial charge in [0, 0.05) is 9.67 Å². The molecule has 0 rings (SSSR count). The Morgan fingerprint density at radius 1 is 1.67 bits per heavy atom. The van der Waals surface area contributed by atoms with Gasteiger partial charge in [-0.25, -0.2) is 4.79 Å². The molecule has 0 aromatic heterocycles. The largest absolute Gasteiger partial charge is 0.480 e. The van der Waals surface area contributed by atoms with E-state index in [1.807, 2.05) is 5.32 Å². The minimum absolute atomic E-state index is 0.710. The van der Waals surface area contributed by atoms with Gasteiger partial charge in [0.15, 0.2) is 0 Å². The van der Waals surface area contributed by atoms with Crippen molar-refractivity contribution >= 4 is 11.9 Å². The standard InChI is InChI=1S/C8H15NO3/c1-5(2)4-7(8(11)12)9-6(3)10/h5,7H,4H2,1-3H3,(H,9,10)(H,11,12)/t7-/m1/s1/i4D2,7D.